The number of benzene rings is 1. The molecule has 4 nitrogen and oxygen atoms in total. The molecule has 0 bridgehead atoms. The SMILES string of the molecule is CSC(C)CCNS(=O)(=O)c1ccc(CO)c(Cl)c1. The van der Waals surface area contributed by atoms with Crippen LogP contribution in [-0.4, -0.2) is 31.6 Å². The van der Waals surface area contributed by atoms with Crippen LogP contribution in [-0.2, 0) is 16.6 Å². The molecule has 1 unspecified atom stereocenters. The molecule has 0 radical (unpaired) electrons. The molecule has 0 spiro atoms. The molecule has 0 amide bonds. The lowest BCUT2D eigenvalue weighted by Crippen LogP contribution is -2.26. The Hall–Kier alpha value is -0.270. The summed E-state index contributed by atoms with van der Waals surface area (Å²) < 4.78 is 26.6. The zero-order chi connectivity index (χ0) is 14.5. The smallest absolute Gasteiger partial charge is 0.240 e. The third-order valence-corrected chi connectivity index (χ3v) is 5.60. The fraction of sp³-hybridized carbons (Fsp3) is 0.500. The standard InChI is InChI=1S/C12H18ClNO3S2/c1-9(18-2)5-6-14-19(16,17)11-4-3-10(8-15)12(13)7-11/h3-4,7,9,14-15H,5-6,8H2,1-2H3. The number of nitrogens with one attached hydrogen (secondary N) is 1. The minimum absolute atomic E-state index is 0.117. The second-order valence-corrected chi connectivity index (χ2v) is 7.59. The monoisotopic (exact) mass is 323 g/mol. The molecule has 0 saturated heterocycles. The summed E-state index contributed by atoms with van der Waals surface area (Å²) in [5.41, 5.74) is 0.511. The molecule has 0 saturated carbocycles. The van der Waals surface area contributed by atoms with E-state index in [0.29, 0.717) is 17.4 Å². The fourth-order valence-electron chi connectivity index (χ4n) is 1.42. The van der Waals surface area contributed by atoms with Crippen molar-refractivity contribution in [2.45, 2.75) is 30.1 Å². The van der Waals surface area contributed by atoms with Crippen LogP contribution in [0, 0.1) is 0 Å². The van der Waals surface area contributed by atoms with Crippen LogP contribution in [0.1, 0.15) is 18.9 Å². The highest BCUT2D eigenvalue weighted by Crippen LogP contribution is 2.21. The molecule has 0 aliphatic rings. The second-order valence-electron chi connectivity index (χ2n) is 4.14. The molecule has 0 aliphatic heterocycles. The summed E-state index contributed by atoms with van der Waals surface area (Å²) in [6.45, 7) is 2.23. The Balaban J connectivity index is 2.75. The summed E-state index contributed by atoms with van der Waals surface area (Å²) in [7, 11) is -3.54. The number of thioether (sulfide) groups is 1. The second kappa shape index (κ2) is 7.50. The van der Waals surface area contributed by atoms with Crippen LogP contribution in [0.3, 0.4) is 0 Å². The summed E-state index contributed by atoms with van der Waals surface area (Å²) >= 11 is 7.58. The molecule has 0 heterocycles. The molecule has 2 N–H and O–H groups in total. The number of sulfonamides is 1. The number of rotatable bonds is 7. The molecule has 0 fully saturated rings. The zero-order valence-electron chi connectivity index (χ0n) is 10.9. The minimum atomic E-state index is -3.54. The highest BCUT2D eigenvalue weighted by molar-refractivity contribution is 7.99. The van der Waals surface area contributed by atoms with Crippen LogP contribution < -0.4 is 4.72 Å². The van der Waals surface area contributed by atoms with Gasteiger partial charge in [0.25, 0.3) is 0 Å². The van der Waals surface area contributed by atoms with Gasteiger partial charge in [-0.1, -0.05) is 24.6 Å². The average molecular weight is 324 g/mol. The van der Waals surface area contributed by atoms with E-state index in [0.717, 1.165) is 6.42 Å². The van der Waals surface area contributed by atoms with E-state index in [4.69, 9.17) is 16.7 Å². The van der Waals surface area contributed by atoms with Crippen LogP contribution in [0.5, 0.6) is 0 Å². The molecular formula is C12H18ClNO3S2. The van der Waals surface area contributed by atoms with Crippen molar-refractivity contribution in [3.05, 3.63) is 28.8 Å². The Labute approximate surface area is 123 Å². The van der Waals surface area contributed by atoms with Crippen molar-refractivity contribution in [3.8, 4) is 0 Å². The summed E-state index contributed by atoms with van der Waals surface area (Å²) in [6, 6.07) is 4.31. The van der Waals surface area contributed by atoms with Gasteiger partial charge in [-0.15, -0.1) is 0 Å². The van der Waals surface area contributed by atoms with E-state index < -0.39 is 10.0 Å². The van der Waals surface area contributed by atoms with E-state index in [1.807, 2.05) is 13.2 Å². The van der Waals surface area contributed by atoms with E-state index in [2.05, 4.69) is 4.72 Å². The van der Waals surface area contributed by atoms with Gasteiger partial charge in [-0.25, -0.2) is 13.1 Å². The zero-order valence-corrected chi connectivity index (χ0v) is 13.3. The summed E-state index contributed by atoms with van der Waals surface area (Å²) in [5, 5.41) is 9.65. The van der Waals surface area contributed by atoms with E-state index in [-0.39, 0.29) is 16.5 Å². The summed E-state index contributed by atoms with van der Waals surface area (Å²) in [5.74, 6) is 0. The van der Waals surface area contributed by atoms with Crippen LogP contribution in [0.25, 0.3) is 0 Å². The topological polar surface area (TPSA) is 66.4 Å². The van der Waals surface area contributed by atoms with E-state index in [1.54, 1.807) is 11.8 Å². The van der Waals surface area contributed by atoms with Crippen molar-refractivity contribution in [1.29, 1.82) is 0 Å². The van der Waals surface area contributed by atoms with Gasteiger partial charge < -0.3 is 5.11 Å². The van der Waals surface area contributed by atoms with Crippen molar-refractivity contribution in [2.75, 3.05) is 12.8 Å². The lowest BCUT2D eigenvalue weighted by molar-refractivity contribution is 0.282. The first-order valence-corrected chi connectivity index (χ1v) is 8.97. The fourth-order valence-corrected chi connectivity index (χ4v) is 3.15. The van der Waals surface area contributed by atoms with Gasteiger partial charge in [0.1, 0.15) is 0 Å². The maximum absolute atomic E-state index is 12.0. The summed E-state index contributed by atoms with van der Waals surface area (Å²) in [4.78, 5) is 0.117. The molecule has 108 valence electrons. The van der Waals surface area contributed by atoms with Crippen molar-refractivity contribution in [3.63, 3.8) is 0 Å². The number of halogens is 1. The van der Waals surface area contributed by atoms with Crippen LogP contribution in [0.4, 0.5) is 0 Å². The molecule has 1 atom stereocenters. The van der Waals surface area contributed by atoms with Gasteiger partial charge in [-0.05, 0) is 30.4 Å². The third kappa shape index (κ3) is 4.96. The third-order valence-electron chi connectivity index (χ3n) is 2.75. The Morgan fingerprint density at radius 3 is 2.68 bits per heavy atom. The van der Waals surface area contributed by atoms with Crippen molar-refractivity contribution in [2.24, 2.45) is 0 Å². The normalized spacial score (nSPS) is 13.5. The number of hydrogen-bond donors (Lipinski definition) is 2. The first-order valence-electron chi connectivity index (χ1n) is 5.82. The van der Waals surface area contributed by atoms with Gasteiger partial charge >= 0.3 is 0 Å². The van der Waals surface area contributed by atoms with Crippen LogP contribution in [0.2, 0.25) is 5.02 Å². The Kier molecular flexibility index (Phi) is 6.62. The molecule has 0 aliphatic carbocycles. The van der Waals surface area contributed by atoms with Gasteiger partial charge in [0.2, 0.25) is 10.0 Å². The molecule has 1 aromatic rings. The Morgan fingerprint density at radius 1 is 1.47 bits per heavy atom. The number of aliphatic hydroxyl groups is 1. The first-order chi connectivity index (χ1) is 8.90. The summed E-state index contributed by atoms with van der Waals surface area (Å²) in [6.07, 6.45) is 2.76. The largest absolute Gasteiger partial charge is 0.392 e. The molecule has 0 aromatic heterocycles. The number of aliphatic hydroxyl groups excluding tert-OH is 1. The predicted octanol–water partition coefficient (Wildman–Crippen LogP) is 2.25. The van der Waals surface area contributed by atoms with Crippen molar-refractivity contribution < 1.29 is 13.5 Å². The van der Waals surface area contributed by atoms with Crippen molar-refractivity contribution in [1.82, 2.24) is 4.72 Å². The molecular weight excluding hydrogens is 306 g/mol. The predicted molar refractivity (Wildman–Crippen MR) is 80.2 cm³/mol. The lowest BCUT2D eigenvalue weighted by atomic mass is 10.2. The first kappa shape index (κ1) is 16.8. The van der Waals surface area contributed by atoms with Crippen LogP contribution >= 0.6 is 23.4 Å². The van der Waals surface area contributed by atoms with E-state index in [9.17, 15) is 8.42 Å². The maximum atomic E-state index is 12.0. The number of hydrogen-bond acceptors (Lipinski definition) is 4. The van der Waals surface area contributed by atoms with E-state index in [1.165, 1.54) is 18.2 Å². The minimum Gasteiger partial charge on any atom is -0.392 e. The quantitative estimate of drug-likeness (QED) is 0.807. The van der Waals surface area contributed by atoms with Gasteiger partial charge in [0.05, 0.1) is 11.5 Å². The van der Waals surface area contributed by atoms with E-state index >= 15 is 0 Å². The van der Waals surface area contributed by atoms with Crippen molar-refractivity contribution >= 4 is 33.4 Å². The van der Waals surface area contributed by atoms with Gasteiger partial charge in [0, 0.05) is 16.8 Å². The Bertz CT molecular complexity index is 520. The maximum Gasteiger partial charge on any atom is 0.240 e. The molecule has 19 heavy (non-hydrogen) atoms. The lowest BCUT2D eigenvalue weighted by Gasteiger charge is -2.10. The molecule has 1 aromatic carbocycles. The van der Waals surface area contributed by atoms with Gasteiger partial charge in [-0.3, -0.25) is 0 Å². The highest BCUT2D eigenvalue weighted by Gasteiger charge is 2.15. The van der Waals surface area contributed by atoms with Gasteiger partial charge in [0.15, 0.2) is 0 Å². The van der Waals surface area contributed by atoms with Crippen LogP contribution in [0.15, 0.2) is 23.1 Å². The van der Waals surface area contributed by atoms with Gasteiger partial charge in [-0.2, -0.15) is 11.8 Å². The highest BCUT2D eigenvalue weighted by atomic mass is 35.5. The Morgan fingerprint density at radius 2 is 2.16 bits per heavy atom. The molecule has 1 rings (SSSR count). The average Bonchev–Trinajstić information content (AvgIpc) is 2.38. The molecule has 7 heteroatoms.